The zero-order valence-electron chi connectivity index (χ0n) is 8.73. The molecule has 0 amide bonds. The van der Waals surface area contributed by atoms with Crippen molar-refractivity contribution in [1.82, 2.24) is 0 Å². The van der Waals surface area contributed by atoms with Gasteiger partial charge in [-0.2, -0.15) is 0 Å². The van der Waals surface area contributed by atoms with Crippen LogP contribution in [0.5, 0.6) is 0 Å². The maximum absolute atomic E-state index is 10.4. The Bertz CT molecular complexity index is 173. The second-order valence-corrected chi connectivity index (χ2v) is 3.15. The minimum Gasteiger partial charge on any atom is -0.462 e. The summed E-state index contributed by atoms with van der Waals surface area (Å²) in [6.45, 7) is 8.16. The Morgan fingerprint density at radius 2 is 2.36 bits per heavy atom. The third-order valence-corrected chi connectivity index (χ3v) is 1.45. The quantitative estimate of drug-likeness (QED) is 0.418. The molecule has 1 aliphatic rings. The lowest BCUT2D eigenvalue weighted by molar-refractivity contribution is -0.138. The van der Waals surface area contributed by atoms with Gasteiger partial charge in [0.05, 0.1) is 25.4 Å². The topological polar surface area (TPSA) is 59.1 Å². The van der Waals surface area contributed by atoms with Crippen LogP contribution in [0.15, 0.2) is 12.7 Å². The van der Waals surface area contributed by atoms with E-state index in [0.717, 1.165) is 12.7 Å². The molecule has 1 rings (SSSR count). The van der Waals surface area contributed by atoms with Crippen LogP contribution in [0.3, 0.4) is 0 Å². The number of carbonyl (C=O) groups excluding carboxylic acids is 1. The van der Waals surface area contributed by atoms with Gasteiger partial charge in [0.25, 0.3) is 0 Å². The van der Waals surface area contributed by atoms with Crippen molar-refractivity contribution >= 4 is 5.97 Å². The zero-order valence-corrected chi connectivity index (χ0v) is 8.73. The summed E-state index contributed by atoms with van der Waals surface area (Å²) in [5.74, 6) is -0.444. The number of epoxide rings is 1. The summed E-state index contributed by atoms with van der Waals surface area (Å²) >= 11 is 0. The molecule has 0 saturated carbocycles. The molecule has 0 aromatic rings. The van der Waals surface area contributed by atoms with E-state index in [1.54, 1.807) is 6.92 Å². The number of aliphatic hydroxyl groups excluding tert-OH is 1. The van der Waals surface area contributed by atoms with Crippen molar-refractivity contribution in [2.45, 2.75) is 32.5 Å². The molecule has 1 N–H and O–H groups in total. The van der Waals surface area contributed by atoms with E-state index in [-0.39, 0.29) is 6.61 Å². The van der Waals surface area contributed by atoms with Gasteiger partial charge in [-0.1, -0.05) is 6.58 Å². The van der Waals surface area contributed by atoms with E-state index in [9.17, 15) is 4.79 Å². The van der Waals surface area contributed by atoms with E-state index in [4.69, 9.17) is 9.84 Å². The molecule has 82 valence electrons. The minimum absolute atomic E-state index is 0.252. The number of carbonyl (C=O) groups is 1. The second-order valence-electron chi connectivity index (χ2n) is 3.15. The van der Waals surface area contributed by atoms with E-state index in [1.807, 2.05) is 0 Å². The second kappa shape index (κ2) is 7.53. The first-order valence-electron chi connectivity index (χ1n) is 4.65. The van der Waals surface area contributed by atoms with E-state index in [2.05, 4.69) is 18.2 Å². The molecule has 2 unspecified atom stereocenters. The Labute approximate surface area is 84.5 Å². The lowest BCUT2D eigenvalue weighted by atomic mass is 10.3. The summed E-state index contributed by atoms with van der Waals surface area (Å²) < 4.78 is 9.29. The molecule has 0 radical (unpaired) electrons. The van der Waals surface area contributed by atoms with Gasteiger partial charge in [-0.25, -0.2) is 4.79 Å². The predicted molar refractivity (Wildman–Crippen MR) is 52.9 cm³/mol. The first-order valence-corrected chi connectivity index (χ1v) is 4.65. The van der Waals surface area contributed by atoms with Crippen molar-refractivity contribution in [2.24, 2.45) is 0 Å². The Morgan fingerprint density at radius 3 is 2.64 bits per heavy atom. The van der Waals surface area contributed by atoms with Gasteiger partial charge in [0.15, 0.2) is 0 Å². The maximum atomic E-state index is 10.4. The van der Waals surface area contributed by atoms with E-state index < -0.39 is 12.1 Å². The predicted octanol–water partition coefficient (Wildman–Crippen LogP) is 0.892. The van der Waals surface area contributed by atoms with Gasteiger partial charge in [0.2, 0.25) is 0 Å². The normalized spacial score (nSPS) is 20.1. The number of ether oxygens (including phenoxy) is 2. The van der Waals surface area contributed by atoms with Gasteiger partial charge < -0.3 is 14.6 Å². The van der Waals surface area contributed by atoms with Gasteiger partial charge in [0.1, 0.15) is 0 Å². The van der Waals surface area contributed by atoms with Crippen LogP contribution < -0.4 is 0 Å². The fourth-order valence-corrected chi connectivity index (χ4v) is 0.485. The Morgan fingerprint density at radius 1 is 1.86 bits per heavy atom. The van der Waals surface area contributed by atoms with E-state index in [1.165, 1.54) is 0 Å². The highest BCUT2D eigenvalue weighted by atomic mass is 16.6. The first kappa shape index (κ1) is 13.1. The molecule has 1 aliphatic heterocycles. The van der Waals surface area contributed by atoms with Crippen LogP contribution >= 0.6 is 0 Å². The maximum Gasteiger partial charge on any atom is 0.330 e. The molecule has 0 aromatic carbocycles. The van der Waals surface area contributed by atoms with Crippen molar-refractivity contribution in [3.63, 3.8) is 0 Å². The molecular weight excluding hydrogens is 184 g/mol. The molecule has 2 atom stereocenters. The summed E-state index contributed by atoms with van der Waals surface area (Å²) in [5, 5.41) is 8.72. The highest BCUT2D eigenvalue weighted by Gasteiger charge is 2.13. The highest BCUT2D eigenvalue weighted by Crippen LogP contribution is 2.04. The number of aliphatic hydroxyl groups is 1. The van der Waals surface area contributed by atoms with Gasteiger partial charge in [-0.15, -0.1) is 0 Å². The Hall–Kier alpha value is -0.870. The standard InChI is InChI=1S/C7H12O3.C3H6O/c1-3-7(9)10-5-4-6(2)8;1-3-2-4-3/h3,6,8H,1,4-5H2,2H3;3H,2H2,1H3. The molecular formula is C10H18O4. The number of hydrogen-bond donors (Lipinski definition) is 1. The van der Waals surface area contributed by atoms with E-state index >= 15 is 0 Å². The molecule has 1 heterocycles. The van der Waals surface area contributed by atoms with E-state index in [0.29, 0.717) is 12.5 Å². The molecule has 4 nitrogen and oxygen atoms in total. The number of esters is 1. The van der Waals surface area contributed by atoms with Gasteiger partial charge in [0, 0.05) is 12.5 Å². The van der Waals surface area contributed by atoms with Crippen LogP contribution in [0.4, 0.5) is 0 Å². The van der Waals surface area contributed by atoms with Crippen LogP contribution in [0.25, 0.3) is 0 Å². The molecule has 0 aliphatic carbocycles. The van der Waals surface area contributed by atoms with Gasteiger partial charge >= 0.3 is 5.97 Å². The summed E-state index contributed by atoms with van der Waals surface area (Å²) in [6, 6.07) is 0. The van der Waals surface area contributed by atoms with Crippen molar-refractivity contribution in [2.75, 3.05) is 13.2 Å². The van der Waals surface area contributed by atoms with Gasteiger partial charge in [-0.05, 0) is 13.8 Å². The average Bonchev–Trinajstić information content (AvgIpc) is 2.88. The Kier molecular flexibility index (Phi) is 7.06. The molecule has 0 aromatic heterocycles. The third kappa shape index (κ3) is 11.1. The van der Waals surface area contributed by atoms with Crippen molar-refractivity contribution in [3.05, 3.63) is 12.7 Å². The summed E-state index contributed by atoms with van der Waals surface area (Å²) in [5.41, 5.74) is 0. The van der Waals surface area contributed by atoms with Crippen molar-refractivity contribution in [1.29, 1.82) is 0 Å². The third-order valence-electron chi connectivity index (χ3n) is 1.45. The lowest BCUT2D eigenvalue weighted by Crippen LogP contribution is -2.08. The molecule has 1 saturated heterocycles. The zero-order chi connectivity index (χ0) is 11.0. The fraction of sp³-hybridized carbons (Fsp3) is 0.700. The summed E-state index contributed by atoms with van der Waals surface area (Å²) in [7, 11) is 0. The van der Waals surface area contributed by atoms with Gasteiger partial charge in [-0.3, -0.25) is 0 Å². The largest absolute Gasteiger partial charge is 0.462 e. The average molecular weight is 202 g/mol. The van der Waals surface area contributed by atoms with Crippen LogP contribution in [0.1, 0.15) is 20.3 Å². The minimum atomic E-state index is -0.444. The van der Waals surface area contributed by atoms with Crippen molar-refractivity contribution < 1.29 is 19.4 Å². The molecule has 0 bridgehead atoms. The molecule has 0 spiro atoms. The summed E-state index contributed by atoms with van der Waals surface area (Å²) in [6.07, 6.45) is 1.74. The fourth-order valence-electron chi connectivity index (χ4n) is 0.485. The Balaban J connectivity index is 0.000000344. The highest BCUT2D eigenvalue weighted by molar-refractivity contribution is 5.81. The molecule has 14 heavy (non-hydrogen) atoms. The SMILES string of the molecule is C=CC(=O)OCCC(C)O.CC1CO1. The van der Waals surface area contributed by atoms with Crippen LogP contribution in [0, 0.1) is 0 Å². The van der Waals surface area contributed by atoms with Crippen molar-refractivity contribution in [3.8, 4) is 0 Å². The molecule has 1 fully saturated rings. The molecule has 4 heteroatoms. The van der Waals surface area contributed by atoms with Crippen LogP contribution in [0.2, 0.25) is 0 Å². The number of hydrogen-bond acceptors (Lipinski definition) is 4. The summed E-state index contributed by atoms with van der Waals surface area (Å²) in [4.78, 5) is 10.4. The van der Waals surface area contributed by atoms with Crippen LogP contribution in [-0.4, -0.2) is 36.5 Å². The number of rotatable bonds is 4. The smallest absolute Gasteiger partial charge is 0.330 e. The monoisotopic (exact) mass is 202 g/mol. The van der Waals surface area contributed by atoms with Crippen LogP contribution in [-0.2, 0) is 14.3 Å². The lowest BCUT2D eigenvalue weighted by Gasteiger charge is -2.02. The first-order chi connectivity index (χ1) is 6.56.